The predicted octanol–water partition coefficient (Wildman–Crippen LogP) is 3.95. The smallest absolute Gasteiger partial charge is 0.260 e. The van der Waals surface area contributed by atoms with Gasteiger partial charge in [0.1, 0.15) is 10.9 Å². The Kier molecular flexibility index (Phi) is 5.46. The summed E-state index contributed by atoms with van der Waals surface area (Å²) in [7, 11) is 4.59. The third-order valence-corrected chi connectivity index (χ3v) is 6.38. The SMILES string of the molecule is COc1cc(/C=C(\C#N)c2nc3sc4c(c3c(=O)[nH]2)CCCC4)cc(OC)c1OC. The van der Waals surface area contributed by atoms with E-state index in [9.17, 15) is 10.1 Å². The van der Waals surface area contributed by atoms with Gasteiger partial charge in [0.15, 0.2) is 17.3 Å². The first-order valence-electron chi connectivity index (χ1n) is 9.56. The van der Waals surface area contributed by atoms with Gasteiger partial charge in [-0.2, -0.15) is 5.26 Å². The van der Waals surface area contributed by atoms with Crippen molar-refractivity contribution >= 4 is 33.2 Å². The van der Waals surface area contributed by atoms with Crippen LogP contribution in [0, 0.1) is 11.3 Å². The molecule has 3 aromatic rings. The van der Waals surface area contributed by atoms with Crippen LogP contribution in [0.2, 0.25) is 0 Å². The molecular formula is C22H21N3O4S. The molecule has 0 aliphatic heterocycles. The number of benzene rings is 1. The Hall–Kier alpha value is -3.31. The summed E-state index contributed by atoms with van der Waals surface area (Å²) in [5, 5.41) is 10.4. The molecule has 0 radical (unpaired) electrons. The summed E-state index contributed by atoms with van der Waals surface area (Å²) in [6, 6.07) is 5.61. The van der Waals surface area contributed by atoms with Gasteiger partial charge in [-0.15, -0.1) is 11.3 Å². The third-order valence-electron chi connectivity index (χ3n) is 5.20. The number of allylic oxidation sites excluding steroid dienone is 1. The van der Waals surface area contributed by atoms with Crippen LogP contribution in [0.15, 0.2) is 16.9 Å². The van der Waals surface area contributed by atoms with E-state index in [0.29, 0.717) is 33.0 Å². The molecule has 1 N–H and O–H groups in total. The number of hydrogen-bond acceptors (Lipinski definition) is 7. The zero-order valence-corrected chi connectivity index (χ0v) is 17.8. The minimum atomic E-state index is -0.194. The largest absolute Gasteiger partial charge is 0.493 e. The molecule has 0 atom stereocenters. The van der Waals surface area contributed by atoms with Crippen LogP contribution in [0.3, 0.4) is 0 Å². The van der Waals surface area contributed by atoms with Gasteiger partial charge in [-0.25, -0.2) is 4.98 Å². The van der Waals surface area contributed by atoms with Gasteiger partial charge in [-0.1, -0.05) is 0 Å². The van der Waals surface area contributed by atoms with Crippen LogP contribution in [0.25, 0.3) is 21.9 Å². The van der Waals surface area contributed by atoms with Crippen molar-refractivity contribution in [2.45, 2.75) is 25.7 Å². The Balaban J connectivity index is 1.83. The molecule has 4 rings (SSSR count). The second-order valence-electron chi connectivity index (χ2n) is 6.93. The molecule has 0 saturated heterocycles. The van der Waals surface area contributed by atoms with Crippen LogP contribution < -0.4 is 19.8 Å². The summed E-state index contributed by atoms with van der Waals surface area (Å²) in [6.45, 7) is 0. The molecule has 0 fully saturated rings. The normalized spacial score (nSPS) is 13.6. The van der Waals surface area contributed by atoms with Gasteiger partial charge in [-0.3, -0.25) is 4.79 Å². The van der Waals surface area contributed by atoms with Gasteiger partial charge in [0.2, 0.25) is 5.75 Å². The van der Waals surface area contributed by atoms with E-state index >= 15 is 0 Å². The van der Waals surface area contributed by atoms with E-state index < -0.39 is 0 Å². The van der Waals surface area contributed by atoms with Crippen LogP contribution in [-0.4, -0.2) is 31.3 Å². The number of methoxy groups -OCH3 is 3. The number of aromatic amines is 1. The molecular weight excluding hydrogens is 402 g/mol. The van der Waals surface area contributed by atoms with Crippen LogP contribution >= 0.6 is 11.3 Å². The average molecular weight is 423 g/mol. The quantitative estimate of drug-likeness (QED) is 0.624. The lowest BCUT2D eigenvalue weighted by molar-refractivity contribution is 0.324. The lowest BCUT2D eigenvalue weighted by Gasteiger charge is -2.13. The molecule has 0 bridgehead atoms. The molecule has 0 spiro atoms. The number of aryl methyl sites for hydroxylation is 2. The maximum absolute atomic E-state index is 12.8. The highest BCUT2D eigenvalue weighted by molar-refractivity contribution is 7.18. The van der Waals surface area contributed by atoms with E-state index in [2.05, 4.69) is 16.0 Å². The number of nitriles is 1. The first-order chi connectivity index (χ1) is 14.6. The maximum atomic E-state index is 12.8. The van der Waals surface area contributed by atoms with Crippen molar-refractivity contribution in [2.24, 2.45) is 0 Å². The zero-order chi connectivity index (χ0) is 21.3. The molecule has 2 heterocycles. The number of fused-ring (bicyclic) bond motifs is 3. The molecule has 7 nitrogen and oxygen atoms in total. The summed E-state index contributed by atoms with van der Waals surface area (Å²) < 4.78 is 16.1. The van der Waals surface area contributed by atoms with Crippen molar-refractivity contribution in [3.63, 3.8) is 0 Å². The van der Waals surface area contributed by atoms with Crippen molar-refractivity contribution in [3.8, 4) is 23.3 Å². The van der Waals surface area contributed by atoms with E-state index in [1.165, 1.54) is 26.2 Å². The highest BCUT2D eigenvalue weighted by Crippen LogP contribution is 2.39. The second-order valence-corrected chi connectivity index (χ2v) is 8.02. The first-order valence-corrected chi connectivity index (χ1v) is 10.4. The standard InChI is InChI=1S/C22H21N3O4S/c1-27-15-9-12(10-16(28-2)19(15)29-3)8-13(11-23)20-24-21(26)18-14-6-4-5-7-17(14)30-22(18)25-20/h8-10H,4-7H2,1-3H3,(H,24,25,26)/b13-8+. The van der Waals surface area contributed by atoms with E-state index in [1.807, 2.05) is 0 Å². The van der Waals surface area contributed by atoms with Gasteiger partial charge in [0.05, 0.1) is 32.3 Å². The van der Waals surface area contributed by atoms with Crippen molar-refractivity contribution in [1.29, 1.82) is 5.26 Å². The maximum Gasteiger partial charge on any atom is 0.260 e. The summed E-state index contributed by atoms with van der Waals surface area (Å²) in [6.07, 6.45) is 5.75. The van der Waals surface area contributed by atoms with Crippen molar-refractivity contribution in [1.82, 2.24) is 9.97 Å². The number of nitrogens with one attached hydrogen (secondary N) is 1. The lowest BCUT2D eigenvalue weighted by atomic mass is 9.97. The molecule has 1 aliphatic carbocycles. The Morgan fingerprint density at radius 1 is 1.17 bits per heavy atom. The number of H-pyrrole nitrogens is 1. The molecule has 0 saturated carbocycles. The molecule has 8 heteroatoms. The Labute approximate surface area is 177 Å². The van der Waals surface area contributed by atoms with Crippen LogP contribution in [0.4, 0.5) is 0 Å². The van der Waals surface area contributed by atoms with Crippen molar-refractivity contribution < 1.29 is 14.2 Å². The number of rotatable bonds is 5. The topological polar surface area (TPSA) is 97.2 Å². The van der Waals surface area contributed by atoms with Crippen LogP contribution in [-0.2, 0) is 12.8 Å². The fourth-order valence-electron chi connectivity index (χ4n) is 3.80. The van der Waals surface area contributed by atoms with Crippen LogP contribution in [0.5, 0.6) is 17.2 Å². The Morgan fingerprint density at radius 3 is 2.50 bits per heavy atom. The van der Waals surface area contributed by atoms with E-state index in [-0.39, 0.29) is 17.0 Å². The summed E-state index contributed by atoms with van der Waals surface area (Å²) in [4.78, 5) is 22.1. The molecule has 0 unspecified atom stereocenters. The molecule has 2 aromatic heterocycles. The molecule has 1 aliphatic rings. The number of ether oxygens (including phenoxy) is 3. The van der Waals surface area contributed by atoms with E-state index in [4.69, 9.17) is 14.2 Å². The summed E-state index contributed by atoms with van der Waals surface area (Å²) in [5.41, 5.74) is 1.83. The van der Waals surface area contributed by atoms with Crippen LogP contribution in [0.1, 0.15) is 34.7 Å². The van der Waals surface area contributed by atoms with Crippen molar-refractivity contribution in [2.75, 3.05) is 21.3 Å². The Morgan fingerprint density at radius 2 is 1.87 bits per heavy atom. The number of nitrogens with zero attached hydrogens (tertiary/aromatic N) is 2. The summed E-state index contributed by atoms with van der Waals surface area (Å²) >= 11 is 1.56. The van der Waals surface area contributed by atoms with Gasteiger partial charge >= 0.3 is 0 Å². The molecule has 154 valence electrons. The fourth-order valence-corrected chi connectivity index (χ4v) is 5.06. The van der Waals surface area contributed by atoms with Gasteiger partial charge in [-0.05, 0) is 55.0 Å². The number of aromatic nitrogens is 2. The number of hydrogen-bond donors (Lipinski definition) is 1. The molecule has 30 heavy (non-hydrogen) atoms. The van der Waals surface area contributed by atoms with Gasteiger partial charge in [0.25, 0.3) is 5.56 Å². The predicted molar refractivity (Wildman–Crippen MR) is 116 cm³/mol. The van der Waals surface area contributed by atoms with Crippen molar-refractivity contribution in [3.05, 3.63) is 44.3 Å². The number of thiophene rings is 1. The third kappa shape index (κ3) is 3.42. The lowest BCUT2D eigenvalue weighted by Crippen LogP contribution is -2.12. The fraction of sp³-hybridized carbons (Fsp3) is 0.318. The van der Waals surface area contributed by atoms with Gasteiger partial charge < -0.3 is 19.2 Å². The molecule has 0 amide bonds. The Bertz CT molecular complexity index is 1220. The first kappa shape index (κ1) is 20.0. The summed E-state index contributed by atoms with van der Waals surface area (Å²) in [5.74, 6) is 1.67. The average Bonchev–Trinajstić information content (AvgIpc) is 3.15. The minimum absolute atomic E-state index is 0.194. The molecule has 1 aromatic carbocycles. The highest BCUT2D eigenvalue weighted by atomic mass is 32.1. The van der Waals surface area contributed by atoms with E-state index in [0.717, 1.165) is 31.2 Å². The second kappa shape index (κ2) is 8.20. The van der Waals surface area contributed by atoms with Gasteiger partial charge in [0, 0.05) is 4.88 Å². The monoisotopic (exact) mass is 423 g/mol. The van der Waals surface area contributed by atoms with E-state index in [1.54, 1.807) is 29.5 Å². The highest BCUT2D eigenvalue weighted by Gasteiger charge is 2.21. The minimum Gasteiger partial charge on any atom is -0.493 e. The zero-order valence-electron chi connectivity index (χ0n) is 17.0.